The zero-order valence-electron chi connectivity index (χ0n) is 12.9. The van der Waals surface area contributed by atoms with Gasteiger partial charge in [-0.05, 0) is 48.4 Å². The van der Waals surface area contributed by atoms with Crippen molar-refractivity contribution in [1.82, 2.24) is 0 Å². The van der Waals surface area contributed by atoms with Crippen molar-refractivity contribution in [1.29, 1.82) is 0 Å². The van der Waals surface area contributed by atoms with Gasteiger partial charge in [-0.15, -0.1) is 11.3 Å². The van der Waals surface area contributed by atoms with Crippen LogP contribution in [0.5, 0.6) is 5.75 Å². The van der Waals surface area contributed by atoms with Crippen LogP contribution >= 0.6 is 11.3 Å². The molecule has 0 amide bonds. The largest absolute Gasteiger partial charge is 0.497 e. The molecule has 3 rings (SSSR count). The minimum atomic E-state index is 0.256. The average molecular weight is 304 g/mol. The molecule has 0 saturated heterocycles. The fraction of sp³-hybridized carbons (Fsp3) is 0.556. The molecular weight excluding hydrogens is 280 g/mol. The Kier molecular flexibility index (Phi) is 4.81. The first kappa shape index (κ1) is 14.9. The molecule has 0 N–H and O–H groups in total. The minimum absolute atomic E-state index is 0.256. The van der Waals surface area contributed by atoms with Gasteiger partial charge in [0.2, 0.25) is 0 Å². The Morgan fingerprint density at radius 2 is 1.81 bits per heavy atom. The van der Waals surface area contributed by atoms with E-state index in [9.17, 15) is 0 Å². The molecule has 1 aromatic carbocycles. The van der Waals surface area contributed by atoms with E-state index in [1.165, 1.54) is 53.5 Å². The van der Waals surface area contributed by atoms with Crippen LogP contribution in [0, 0.1) is 5.92 Å². The van der Waals surface area contributed by atoms with Crippen molar-refractivity contribution in [2.45, 2.75) is 44.6 Å². The van der Waals surface area contributed by atoms with Crippen LogP contribution in [0.25, 0.3) is 10.1 Å². The number of hydrogen-bond donors (Lipinski definition) is 0. The fourth-order valence-corrected chi connectivity index (χ4v) is 4.72. The highest BCUT2D eigenvalue weighted by Gasteiger charge is 2.25. The van der Waals surface area contributed by atoms with E-state index >= 15 is 0 Å². The van der Waals surface area contributed by atoms with Crippen molar-refractivity contribution >= 4 is 21.4 Å². The molecule has 114 valence electrons. The number of hydrogen-bond acceptors (Lipinski definition) is 3. The maximum atomic E-state index is 5.90. The highest BCUT2D eigenvalue weighted by molar-refractivity contribution is 7.19. The molecule has 2 aromatic rings. The summed E-state index contributed by atoms with van der Waals surface area (Å²) in [7, 11) is 3.58. The maximum absolute atomic E-state index is 5.90. The second-order valence-corrected chi connectivity index (χ2v) is 7.08. The Bertz CT molecular complexity index is 582. The van der Waals surface area contributed by atoms with Crippen molar-refractivity contribution in [2.24, 2.45) is 5.92 Å². The molecule has 21 heavy (non-hydrogen) atoms. The van der Waals surface area contributed by atoms with Gasteiger partial charge in [-0.3, -0.25) is 0 Å². The Morgan fingerprint density at radius 3 is 2.48 bits per heavy atom. The van der Waals surface area contributed by atoms with Gasteiger partial charge in [0.25, 0.3) is 0 Å². The van der Waals surface area contributed by atoms with E-state index in [4.69, 9.17) is 9.47 Å². The molecule has 1 saturated carbocycles. The number of methoxy groups -OCH3 is 2. The molecule has 1 aliphatic rings. The normalized spacial score (nSPS) is 18.6. The van der Waals surface area contributed by atoms with Gasteiger partial charge in [-0.25, -0.2) is 0 Å². The predicted octanol–water partition coefficient (Wildman–Crippen LogP) is 5.57. The molecule has 0 aliphatic heterocycles. The van der Waals surface area contributed by atoms with Crippen molar-refractivity contribution in [3.05, 3.63) is 29.1 Å². The highest BCUT2D eigenvalue weighted by atomic mass is 32.1. The summed E-state index contributed by atoms with van der Waals surface area (Å²) >= 11 is 1.85. The van der Waals surface area contributed by atoms with Crippen LogP contribution < -0.4 is 4.74 Å². The summed E-state index contributed by atoms with van der Waals surface area (Å²) < 4.78 is 12.5. The van der Waals surface area contributed by atoms with E-state index in [0.717, 1.165) is 5.75 Å². The lowest BCUT2D eigenvalue weighted by Gasteiger charge is -2.23. The molecule has 0 bridgehead atoms. The molecule has 1 aliphatic carbocycles. The molecule has 2 nitrogen and oxygen atoms in total. The second kappa shape index (κ2) is 6.80. The summed E-state index contributed by atoms with van der Waals surface area (Å²) in [5.41, 5.74) is 0. The minimum Gasteiger partial charge on any atom is -0.497 e. The first-order valence-corrected chi connectivity index (χ1v) is 8.73. The molecule has 0 spiro atoms. The first-order chi connectivity index (χ1) is 10.3. The quantitative estimate of drug-likeness (QED) is 0.688. The molecule has 1 fully saturated rings. The number of rotatable bonds is 4. The summed E-state index contributed by atoms with van der Waals surface area (Å²) in [6.07, 6.45) is 8.33. The molecular formula is C18H24O2S. The summed E-state index contributed by atoms with van der Waals surface area (Å²) in [5, 5.41) is 1.30. The van der Waals surface area contributed by atoms with Gasteiger partial charge in [0, 0.05) is 16.7 Å². The first-order valence-electron chi connectivity index (χ1n) is 7.92. The summed E-state index contributed by atoms with van der Waals surface area (Å²) in [4.78, 5) is 1.37. The van der Waals surface area contributed by atoms with Crippen molar-refractivity contribution in [2.75, 3.05) is 14.2 Å². The Labute approximate surface area is 131 Å². The Balaban J connectivity index is 1.88. The summed E-state index contributed by atoms with van der Waals surface area (Å²) in [6, 6.07) is 8.61. The van der Waals surface area contributed by atoms with Crippen molar-refractivity contribution in [3.8, 4) is 5.75 Å². The number of thiophene rings is 1. The molecule has 1 unspecified atom stereocenters. The SMILES string of the molecule is COc1ccc2cc(C(OC)C3CCCCCC3)sc2c1. The highest BCUT2D eigenvalue weighted by Crippen LogP contribution is 2.41. The van der Waals surface area contributed by atoms with Crippen LogP contribution in [-0.2, 0) is 4.74 Å². The molecule has 1 atom stereocenters. The summed E-state index contributed by atoms with van der Waals surface area (Å²) in [6.45, 7) is 0. The monoisotopic (exact) mass is 304 g/mol. The van der Waals surface area contributed by atoms with Gasteiger partial charge in [-0.1, -0.05) is 25.7 Å². The van der Waals surface area contributed by atoms with Crippen LogP contribution in [0.15, 0.2) is 24.3 Å². The van der Waals surface area contributed by atoms with Crippen LogP contribution in [-0.4, -0.2) is 14.2 Å². The fourth-order valence-electron chi connectivity index (χ4n) is 3.45. The van der Waals surface area contributed by atoms with Crippen molar-refractivity contribution in [3.63, 3.8) is 0 Å². The number of benzene rings is 1. The van der Waals surface area contributed by atoms with Crippen molar-refractivity contribution < 1.29 is 9.47 Å². The third-order valence-corrected chi connectivity index (χ3v) is 5.77. The van der Waals surface area contributed by atoms with Gasteiger partial charge >= 0.3 is 0 Å². The third kappa shape index (κ3) is 3.24. The van der Waals surface area contributed by atoms with E-state index in [-0.39, 0.29) is 6.10 Å². The molecule has 1 heterocycles. The van der Waals surface area contributed by atoms with E-state index in [2.05, 4.69) is 18.2 Å². The lowest BCUT2D eigenvalue weighted by Crippen LogP contribution is -2.13. The smallest absolute Gasteiger partial charge is 0.120 e. The molecule has 1 aromatic heterocycles. The average Bonchev–Trinajstić information content (AvgIpc) is 2.73. The topological polar surface area (TPSA) is 18.5 Å². The standard InChI is InChI=1S/C18H24O2S/c1-19-15-10-9-14-11-17(21-16(14)12-15)18(20-2)13-7-5-3-4-6-8-13/h9-13,18H,3-8H2,1-2H3. The van der Waals surface area contributed by atoms with Gasteiger partial charge in [0.1, 0.15) is 5.75 Å². The van der Waals surface area contributed by atoms with E-state index in [0.29, 0.717) is 5.92 Å². The van der Waals surface area contributed by atoms with E-state index in [1.807, 2.05) is 24.5 Å². The zero-order chi connectivity index (χ0) is 14.7. The van der Waals surface area contributed by atoms with Crippen LogP contribution in [0.2, 0.25) is 0 Å². The number of ether oxygens (including phenoxy) is 2. The Morgan fingerprint density at radius 1 is 1.05 bits per heavy atom. The van der Waals surface area contributed by atoms with E-state index < -0.39 is 0 Å². The van der Waals surface area contributed by atoms with Gasteiger partial charge < -0.3 is 9.47 Å². The van der Waals surface area contributed by atoms with Gasteiger partial charge in [0.05, 0.1) is 13.2 Å². The van der Waals surface area contributed by atoms with E-state index in [1.54, 1.807) is 7.11 Å². The third-order valence-electron chi connectivity index (χ3n) is 4.61. The molecule has 3 heteroatoms. The molecule has 0 radical (unpaired) electrons. The second-order valence-electron chi connectivity index (χ2n) is 5.96. The van der Waals surface area contributed by atoms with Crippen LogP contribution in [0.4, 0.5) is 0 Å². The predicted molar refractivity (Wildman–Crippen MR) is 89.3 cm³/mol. The van der Waals surface area contributed by atoms with Crippen LogP contribution in [0.3, 0.4) is 0 Å². The van der Waals surface area contributed by atoms with Crippen LogP contribution in [0.1, 0.15) is 49.5 Å². The lowest BCUT2D eigenvalue weighted by atomic mass is 9.93. The Hall–Kier alpha value is -1.06. The van der Waals surface area contributed by atoms with Gasteiger partial charge in [0.15, 0.2) is 0 Å². The zero-order valence-corrected chi connectivity index (χ0v) is 13.7. The number of fused-ring (bicyclic) bond motifs is 1. The maximum Gasteiger partial charge on any atom is 0.120 e. The lowest BCUT2D eigenvalue weighted by molar-refractivity contribution is 0.0475. The summed E-state index contributed by atoms with van der Waals surface area (Å²) in [5.74, 6) is 1.60. The van der Waals surface area contributed by atoms with Gasteiger partial charge in [-0.2, -0.15) is 0 Å².